The molecular weight excluding hydrogens is 490 g/mol. The smallest absolute Gasteiger partial charge is 0.341 e. The van der Waals surface area contributed by atoms with Crippen molar-refractivity contribution in [1.29, 1.82) is 0 Å². The molecule has 194 valence electrons. The first kappa shape index (κ1) is 25.0. The number of nitro benzene ring substituents is 1. The van der Waals surface area contributed by atoms with E-state index in [1.807, 2.05) is 0 Å². The molecule has 0 aliphatic heterocycles. The molecular formula is C27H25N5O6. The van der Waals surface area contributed by atoms with Gasteiger partial charge in [-0.3, -0.25) is 24.1 Å². The minimum Gasteiger partial charge on any atom is -0.462 e. The normalized spacial score (nSPS) is 14.6. The summed E-state index contributed by atoms with van der Waals surface area (Å²) in [4.78, 5) is 59.5. The van der Waals surface area contributed by atoms with Gasteiger partial charge in [0.1, 0.15) is 16.9 Å². The maximum atomic E-state index is 13.5. The monoisotopic (exact) mass is 515 g/mol. The number of nitrogens with zero attached hydrogens (tertiary/aromatic N) is 5. The highest BCUT2D eigenvalue weighted by atomic mass is 16.6. The number of hydrogen-bond donors (Lipinski definition) is 0. The molecule has 1 amide bonds. The highest BCUT2D eigenvalue weighted by Gasteiger charge is 2.25. The fourth-order valence-corrected chi connectivity index (χ4v) is 4.88. The number of aromatic nitrogens is 3. The van der Waals surface area contributed by atoms with E-state index in [9.17, 15) is 24.5 Å². The van der Waals surface area contributed by atoms with Crippen LogP contribution in [0.3, 0.4) is 0 Å². The van der Waals surface area contributed by atoms with Gasteiger partial charge < -0.3 is 9.30 Å². The van der Waals surface area contributed by atoms with Crippen molar-refractivity contribution in [3.8, 4) is 0 Å². The molecule has 1 aromatic carbocycles. The molecule has 38 heavy (non-hydrogen) atoms. The quantitative estimate of drug-likeness (QED) is 0.170. The van der Waals surface area contributed by atoms with Gasteiger partial charge in [0.25, 0.3) is 17.2 Å². The van der Waals surface area contributed by atoms with Gasteiger partial charge in [-0.15, -0.1) is 0 Å². The van der Waals surface area contributed by atoms with E-state index in [4.69, 9.17) is 9.72 Å². The summed E-state index contributed by atoms with van der Waals surface area (Å²) < 4.78 is 8.43. The molecule has 1 aliphatic carbocycles. The molecule has 11 heteroatoms. The van der Waals surface area contributed by atoms with E-state index in [2.05, 4.69) is 4.99 Å². The summed E-state index contributed by atoms with van der Waals surface area (Å²) in [7, 11) is 0. The van der Waals surface area contributed by atoms with Crippen LogP contribution in [0, 0.1) is 10.1 Å². The van der Waals surface area contributed by atoms with Gasteiger partial charge in [-0.25, -0.2) is 9.78 Å². The second kappa shape index (κ2) is 10.4. The van der Waals surface area contributed by atoms with Gasteiger partial charge in [0.15, 0.2) is 5.49 Å². The minimum absolute atomic E-state index is 0.0185. The summed E-state index contributed by atoms with van der Waals surface area (Å²) in [5.41, 5.74) is 0.394. The van der Waals surface area contributed by atoms with Crippen molar-refractivity contribution in [2.45, 2.75) is 45.1 Å². The molecule has 4 aromatic rings. The highest BCUT2D eigenvalue weighted by Crippen LogP contribution is 2.29. The van der Waals surface area contributed by atoms with Crippen LogP contribution in [0.15, 0.2) is 64.5 Å². The number of benzene rings is 1. The lowest BCUT2D eigenvalue weighted by atomic mass is 9.94. The Hall–Kier alpha value is -4.67. The van der Waals surface area contributed by atoms with Crippen molar-refractivity contribution in [2.24, 2.45) is 4.99 Å². The first-order chi connectivity index (χ1) is 18.4. The number of hydrogen-bond acceptors (Lipinski definition) is 7. The Morgan fingerprint density at radius 2 is 1.87 bits per heavy atom. The lowest BCUT2D eigenvalue weighted by Crippen LogP contribution is -2.35. The third-order valence-corrected chi connectivity index (χ3v) is 6.70. The Bertz CT molecular complexity index is 1700. The van der Waals surface area contributed by atoms with Crippen LogP contribution in [0.1, 0.15) is 65.8 Å². The first-order valence-electron chi connectivity index (χ1n) is 12.5. The Morgan fingerprint density at radius 1 is 1.13 bits per heavy atom. The fraction of sp³-hybridized carbons (Fsp3) is 0.296. The highest BCUT2D eigenvalue weighted by molar-refractivity contribution is 5.97. The second-order valence-corrected chi connectivity index (χ2v) is 9.07. The molecule has 11 nitrogen and oxygen atoms in total. The van der Waals surface area contributed by atoms with E-state index >= 15 is 0 Å². The zero-order valence-electron chi connectivity index (χ0n) is 20.7. The lowest BCUT2D eigenvalue weighted by Gasteiger charge is -2.27. The summed E-state index contributed by atoms with van der Waals surface area (Å²) in [6.07, 6.45) is 6.05. The number of ether oxygens (including phenoxy) is 1. The van der Waals surface area contributed by atoms with Crippen molar-refractivity contribution in [3.63, 3.8) is 0 Å². The van der Waals surface area contributed by atoms with Gasteiger partial charge in [0.2, 0.25) is 0 Å². The van der Waals surface area contributed by atoms with Crippen LogP contribution in [0.2, 0.25) is 0 Å². The van der Waals surface area contributed by atoms with Crippen molar-refractivity contribution in [3.05, 3.63) is 91.8 Å². The molecule has 1 saturated carbocycles. The van der Waals surface area contributed by atoms with Crippen LogP contribution >= 0.6 is 0 Å². The van der Waals surface area contributed by atoms with Crippen LogP contribution in [-0.2, 0) is 4.74 Å². The molecule has 0 unspecified atom stereocenters. The van der Waals surface area contributed by atoms with Crippen LogP contribution in [0.5, 0.6) is 0 Å². The number of carbonyl (C=O) groups excluding carboxylic acids is 2. The van der Waals surface area contributed by atoms with E-state index in [1.165, 1.54) is 34.7 Å². The Labute approximate surface area is 216 Å². The topological polar surface area (TPSA) is 138 Å². The van der Waals surface area contributed by atoms with Crippen LogP contribution < -0.4 is 11.0 Å². The molecule has 0 N–H and O–H groups in total. The fourth-order valence-electron chi connectivity index (χ4n) is 4.88. The summed E-state index contributed by atoms with van der Waals surface area (Å²) in [5.74, 6) is -1.40. The number of fused-ring (bicyclic) bond motifs is 2. The number of esters is 1. The Kier molecular flexibility index (Phi) is 6.82. The van der Waals surface area contributed by atoms with E-state index in [-0.39, 0.29) is 45.9 Å². The molecule has 0 radical (unpaired) electrons. The van der Waals surface area contributed by atoms with Gasteiger partial charge in [-0.05, 0) is 50.1 Å². The van der Waals surface area contributed by atoms with E-state index in [0.29, 0.717) is 11.3 Å². The second-order valence-electron chi connectivity index (χ2n) is 9.07. The molecule has 1 fully saturated rings. The zero-order chi connectivity index (χ0) is 26.8. The molecule has 3 aromatic heterocycles. The van der Waals surface area contributed by atoms with Crippen molar-refractivity contribution >= 4 is 34.2 Å². The first-order valence-corrected chi connectivity index (χ1v) is 12.5. The average molecular weight is 516 g/mol. The van der Waals surface area contributed by atoms with Gasteiger partial charge in [0.05, 0.1) is 16.9 Å². The van der Waals surface area contributed by atoms with Crippen LogP contribution in [0.4, 0.5) is 5.69 Å². The maximum Gasteiger partial charge on any atom is 0.341 e. The van der Waals surface area contributed by atoms with E-state index < -0.39 is 16.8 Å². The molecule has 0 atom stereocenters. The summed E-state index contributed by atoms with van der Waals surface area (Å²) in [5, 5.41) is 11.2. The van der Waals surface area contributed by atoms with Crippen molar-refractivity contribution in [2.75, 3.05) is 6.61 Å². The Balaban J connectivity index is 1.84. The standard InChI is InChI=1S/C27H25N5O6/c1-2-38-27(35)21-16-20-23(28-22-10-6-7-15-30(22)26(20)34)31(18-8-4-3-5-9-18)24(21)29-25(33)17-11-13-19(14-12-17)32(36)37/h6-7,10-16,18H,2-5,8-9H2,1H3. The number of rotatable bonds is 5. The predicted octanol–water partition coefficient (Wildman–Crippen LogP) is 3.98. The van der Waals surface area contributed by atoms with Gasteiger partial charge in [-0.1, -0.05) is 25.3 Å². The molecule has 1 aliphatic rings. The van der Waals surface area contributed by atoms with Crippen LogP contribution in [0.25, 0.3) is 16.7 Å². The summed E-state index contributed by atoms with van der Waals surface area (Å²) in [6, 6.07) is 11.5. The molecule has 0 saturated heterocycles. The number of nitro groups is 1. The third-order valence-electron chi connectivity index (χ3n) is 6.70. The number of pyridine rings is 2. The third kappa shape index (κ3) is 4.58. The summed E-state index contributed by atoms with van der Waals surface area (Å²) >= 11 is 0. The zero-order valence-corrected chi connectivity index (χ0v) is 20.7. The van der Waals surface area contributed by atoms with Gasteiger partial charge in [-0.2, -0.15) is 4.99 Å². The largest absolute Gasteiger partial charge is 0.462 e. The van der Waals surface area contributed by atoms with E-state index in [1.54, 1.807) is 35.9 Å². The minimum atomic E-state index is -0.716. The molecule has 3 heterocycles. The van der Waals surface area contributed by atoms with Crippen LogP contribution in [-0.4, -0.2) is 37.4 Å². The summed E-state index contributed by atoms with van der Waals surface area (Å²) in [6.45, 7) is 1.75. The van der Waals surface area contributed by atoms with Gasteiger partial charge >= 0.3 is 5.97 Å². The predicted molar refractivity (Wildman–Crippen MR) is 138 cm³/mol. The van der Waals surface area contributed by atoms with Crippen molar-refractivity contribution < 1.29 is 19.2 Å². The van der Waals surface area contributed by atoms with Crippen molar-refractivity contribution in [1.82, 2.24) is 14.0 Å². The molecule has 0 bridgehead atoms. The SMILES string of the molecule is CCOC(=O)c1cc2c(=O)n3ccccc3nc2n(C2CCCCC2)c1=NC(=O)c1ccc([N+](=O)[O-])cc1. The molecule has 5 rings (SSSR count). The average Bonchev–Trinajstić information content (AvgIpc) is 2.93. The lowest BCUT2D eigenvalue weighted by molar-refractivity contribution is -0.384. The number of carbonyl (C=O) groups is 2. The van der Waals surface area contributed by atoms with Gasteiger partial charge in [0, 0.05) is 29.9 Å². The Morgan fingerprint density at radius 3 is 2.55 bits per heavy atom. The molecule has 0 spiro atoms. The van der Waals surface area contributed by atoms with E-state index in [0.717, 1.165) is 32.1 Å². The maximum absolute atomic E-state index is 13.5. The number of non-ortho nitro benzene ring substituents is 1. The number of amides is 1.